The minimum absolute atomic E-state index is 0.0197. The van der Waals surface area contributed by atoms with Gasteiger partial charge in [0.15, 0.2) is 0 Å². The summed E-state index contributed by atoms with van der Waals surface area (Å²) in [6.07, 6.45) is 1.10. The molecule has 2 aromatic rings. The Kier molecular flexibility index (Phi) is 4.44. The number of nitrogens with zero attached hydrogens (tertiary/aromatic N) is 1. The summed E-state index contributed by atoms with van der Waals surface area (Å²) in [5, 5.41) is 1.56. The van der Waals surface area contributed by atoms with Crippen LogP contribution in [0, 0.1) is 0 Å². The molecule has 0 N–H and O–H groups in total. The topological polar surface area (TPSA) is 29.5 Å². The quantitative estimate of drug-likeness (QED) is 0.814. The zero-order chi connectivity index (χ0) is 15.9. The van der Waals surface area contributed by atoms with Gasteiger partial charge in [-0.15, -0.1) is 11.3 Å². The number of amides is 1. The summed E-state index contributed by atoms with van der Waals surface area (Å²) >= 11 is 7.96. The highest BCUT2D eigenvalue weighted by Gasteiger charge is 2.29. The fourth-order valence-electron chi connectivity index (χ4n) is 2.95. The number of rotatable bonds is 2. The van der Waals surface area contributed by atoms with E-state index in [9.17, 15) is 4.79 Å². The lowest BCUT2D eigenvalue weighted by atomic mass is 10.1. The number of halogens is 1. The van der Waals surface area contributed by atoms with Gasteiger partial charge in [0.2, 0.25) is 0 Å². The van der Waals surface area contributed by atoms with Crippen molar-refractivity contribution in [3.8, 4) is 0 Å². The first-order valence-electron chi connectivity index (χ1n) is 7.65. The Hall–Kier alpha value is -1.10. The fourth-order valence-corrected chi connectivity index (χ4v) is 4.50. The second-order valence-corrected chi connectivity index (χ2v) is 7.33. The second-order valence-electron chi connectivity index (χ2n) is 5.90. The highest BCUT2D eigenvalue weighted by molar-refractivity contribution is 7.21. The SMILES string of the molecule is CCc1ccc2c(Cl)c(C(=O)N3C[C@H](C)O[C@@H](C)C3)sc2c1. The zero-order valence-electron chi connectivity index (χ0n) is 13.1. The maximum Gasteiger partial charge on any atom is 0.265 e. The van der Waals surface area contributed by atoms with Gasteiger partial charge in [0.25, 0.3) is 5.91 Å². The second kappa shape index (κ2) is 6.19. The van der Waals surface area contributed by atoms with Crippen LogP contribution in [0.25, 0.3) is 10.1 Å². The number of carbonyl (C=O) groups excluding carboxylic acids is 1. The third-order valence-corrected chi connectivity index (χ3v) is 5.65. The van der Waals surface area contributed by atoms with E-state index in [2.05, 4.69) is 19.1 Å². The molecule has 0 aliphatic carbocycles. The van der Waals surface area contributed by atoms with Crippen molar-refractivity contribution in [2.75, 3.05) is 13.1 Å². The van der Waals surface area contributed by atoms with Crippen LogP contribution in [0.1, 0.15) is 36.0 Å². The molecule has 118 valence electrons. The summed E-state index contributed by atoms with van der Waals surface area (Å²) in [5.41, 5.74) is 1.26. The first-order chi connectivity index (χ1) is 10.5. The van der Waals surface area contributed by atoms with Gasteiger partial charge in [-0.3, -0.25) is 4.79 Å². The largest absolute Gasteiger partial charge is 0.372 e. The van der Waals surface area contributed by atoms with Crippen LogP contribution in [0.15, 0.2) is 18.2 Å². The molecule has 0 bridgehead atoms. The van der Waals surface area contributed by atoms with Crippen molar-refractivity contribution in [2.24, 2.45) is 0 Å². The van der Waals surface area contributed by atoms with E-state index >= 15 is 0 Å². The zero-order valence-corrected chi connectivity index (χ0v) is 14.6. The minimum Gasteiger partial charge on any atom is -0.372 e. The number of carbonyl (C=O) groups is 1. The Morgan fingerprint density at radius 1 is 1.36 bits per heavy atom. The monoisotopic (exact) mass is 337 g/mol. The van der Waals surface area contributed by atoms with Gasteiger partial charge in [-0.25, -0.2) is 0 Å². The summed E-state index contributed by atoms with van der Waals surface area (Å²) in [4.78, 5) is 15.3. The molecule has 1 aliphatic heterocycles. The predicted octanol–water partition coefficient (Wildman–Crippen LogP) is 4.37. The Morgan fingerprint density at radius 3 is 2.68 bits per heavy atom. The molecule has 2 heterocycles. The van der Waals surface area contributed by atoms with E-state index in [0.29, 0.717) is 23.0 Å². The maximum atomic E-state index is 12.8. The number of fused-ring (bicyclic) bond motifs is 1. The minimum atomic E-state index is 0.0197. The maximum absolute atomic E-state index is 12.8. The van der Waals surface area contributed by atoms with E-state index < -0.39 is 0 Å². The molecular weight excluding hydrogens is 318 g/mol. The van der Waals surface area contributed by atoms with Gasteiger partial charge in [0.05, 0.1) is 17.2 Å². The Balaban J connectivity index is 1.95. The van der Waals surface area contributed by atoms with Gasteiger partial charge in [-0.05, 0) is 31.9 Å². The molecule has 22 heavy (non-hydrogen) atoms. The number of aryl methyl sites for hydroxylation is 1. The van der Waals surface area contributed by atoms with Gasteiger partial charge in [0, 0.05) is 23.2 Å². The summed E-state index contributed by atoms with van der Waals surface area (Å²) in [6, 6.07) is 6.23. The van der Waals surface area contributed by atoms with Crippen molar-refractivity contribution in [3.05, 3.63) is 33.7 Å². The molecule has 1 saturated heterocycles. The van der Waals surface area contributed by atoms with Crippen LogP contribution in [-0.2, 0) is 11.2 Å². The number of ether oxygens (including phenoxy) is 1. The Morgan fingerprint density at radius 2 is 2.05 bits per heavy atom. The van der Waals surface area contributed by atoms with Gasteiger partial charge in [0.1, 0.15) is 4.88 Å². The van der Waals surface area contributed by atoms with Crippen LogP contribution >= 0.6 is 22.9 Å². The summed E-state index contributed by atoms with van der Waals surface area (Å²) in [5.74, 6) is 0.0197. The van der Waals surface area contributed by atoms with Crippen LogP contribution in [-0.4, -0.2) is 36.1 Å². The summed E-state index contributed by atoms with van der Waals surface area (Å²) < 4.78 is 6.78. The molecule has 1 aromatic heterocycles. The van der Waals surface area contributed by atoms with Gasteiger partial charge in [-0.2, -0.15) is 0 Å². The normalized spacial score (nSPS) is 22.3. The number of thiophene rings is 1. The van der Waals surface area contributed by atoms with E-state index in [1.807, 2.05) is 24.8 Å². The lowest BCUT2D eigenvalue weighted by Gasteiger charge is -2.35. The number of hydrogen-bond donors (Lipinski definition) is 0. The smallest absolute Gasteiger partial charge is 0.265 e. The van der Waals surface area contributed by atoms with E-state index in [1.165, 1.54) is 16.9 Å². The van der Waals surface area contributed by atoms with Gasteiger partial charge >= 0.3 is 0 Å². The molecule has 0 saturated carbocycles. The average Bonchev–Trinajstić information content (AvgIpc) is 2.82. The first kappa shape index (κ1) is 15.8. The molecule has 1 fully saturated rings. The standard InChI is InChI=1S/C17H20ClNO2S/c1-4-12-5-6-13-14(7-12)22-16(15(13)18)17(20)19-8-10(2)21-11(3)9-19/h5-7,10-11H,4,8-9H2,1-3H3/t10-,11-/m0/s1. The molecule has 1 amide bonds. The van der Waals surface area contributed by atoms with Gasteiger partial charge in [-0.1, -0.05) is 30.7 Å². The molecule has 2 atom stereocenters. The molecule has 0 radical (unpaired) electrons. The molecule has 5 heteroatoms. The highest BCUT2D eigenvalue weighted by atomic mass is 35.5. The fraction of sp³-hybridized carbons (Fsp3) is 0.471. The van der Waals surface area contributed by atoms with E-state index in [4.69, 9.17) is 16.3 Å². The van der Waals surface area contributed by atoms with Gasteiger partial charge < -0.3 is 9.64 Å². The molecule has 1 aliphatic rings. The number of benzene rings is 1. The number of hydrogen-bond acceptors (Lipinski definition) is 3. The molecular formula is C17H20ClNO2S. The van der Waals surface area contributed by atoms with Crippen molar-refractivity contribution in [2.45, 2.75) is 39.4 Å². The van der Waals surface area contributed by atoms with Crippen molar-refractivity contribution in [1.82, 2.24) is 4.90 Å². The molecule has 0 spiro atoms. The van der Waals surface area contributed by atoms with Crippen molar-refractivity contribution < 1.29 is 9.53 Å². The van der Waals surface area contributed by atoms with Crippen LogP contribution in [0.5, 0.6) is 0 Å². The molecule has 0 unspecified atom stereocenters. The highest BCUT2D eigenvalue weighted by Crippen LogP contribution is 2.37. The first-order valence-corrected chi connectivity index (χ1v) is 8.84. The van der Waals surface area contributed by atoms with Crippen molar-refractivity contribution in [1.29, 1.82) is 0 Å². The van der Waals surface area contributed by atoms with Crippen LogP contribution in [0.3, 0.4) is 0 Å². The predicted molar refractivity (Wildman–Crippen MR) is 92.1 cm³/mol. The Bertz CT molecular complexity index is 702. The average molecular weight is 338 g/mol. The van der Waals surface area contributed by atoms with Crippen LogP contribution < -0.4 is 0 Å². The molecule has 3 nitrogen and oxygen atoms in total. The lowest BCUT2D eigenvalue weighted by Crippen LogP contribution is -2.48. The lowest BCUT2D eigenvalue weighted by molar-refractivity contribution is -0.0584. The van der Waals surface area contributed by atoms with E-state index in [0.717, 1.165) is 16.5 Å². The third kappa shape index (κ3) is 2.87. The van der Waals surface area contributed by atoms with Crippen LogP contribution in [0.2, 0.25) is 5.02 Å². The third-order valence-electron chi connectivity index (χ3n) is 4.00. The number of morpholine rings is 1. The Labute approximate surface area is 139 Å². The van der Waals surface area contributed by atoms with E-state index in [1.54, 1.807) is 0 Å². The summed E-state index contributed by atoms with van der Waals surface area (Å²) in [6.45, 7) is 7.35. The summed E-state index contributed by atoms with van der Waals surface area (Å²) in [7, 11) is 0. The van der Waals surface area contributed by atoms with Crippen LogP contribution in [0.4, 0.5) is 0 Å². The van der Waals surface area contributed by atoms with E-state index in [-0.39, 0.29) is 18.1 Å². The molecule has 1 aromatic carbocycles. The molecule has 3 rings (SSSR count). The van der Waals surface area contributed by atoms with Crippen molar-refractivity contribution >= 4 is 38.9 Å². The van der Waals surface area contributed by atoms with Crippen molar-refractivity contribution in [3.63, 3.8) is 0 Å².